The summed E-state index contributed by atoms with van der Waals surface area (Å²) in [6, 6.07) is 9.47. The van der Waals surface area contributed by atoms with Gasteiger partial charge in [0.15, 0.2) is 0 Å². The molecule has 114 valence electrons. The van der Waals surface area contributed by atoms with Gasteiger partial charge in [-0.1, -0.05) is 44.4 Å². The average Bonchev–Trinajstić information content (AvgIpc) is 2.95. The highest BCUT2D eigenvalue weighted by Gasteiger charge is 2.27. The highest BCUT2D eigenvalue weighted by atomic mass is 32.1. The maximum atomic E-state index is 3.62. The van der Waals surface area contributed by atoms with Crippen molar-refractivity contribution in [3.05, 3.63) is 35.2 Å². The molecule has 1 fully saturated rings. The van der Waals surface area contributed by atoms with Gasteiger partial charge in [0, 0.05) is 10.7 Å². The van der Waals surface area contributed by atoms with Crippen molar-refractivity contribution in [2.45, 2.75) is 51.5 Å². The normalized spacial score (nSPS) is 24.3. The summed E-state index contributed by atoms with van der Waals surface area (Å²) in [7, 11) is 2.15. The summed E-state index contributed by atoms with van der Waals surface area (Å²) >= 11 is 1.89. The SMILES string of the molecule is CCC1CCCC(C(Cc2csc3ccccc23)NC)C1. The van der Waals surface area contributed by atoms with E-state index in [9.17, 15) is 0 Å². The van der Waals surface area contributed by atoms with Crippen molar-refractivity contribution in [3.63, 3.8) is 0 Å². The lowest BCUT2D eigenvalue weighted by Gasteiger charge is -2.34. The van der Waals surface area contributed by atoms with Crippen LogP contribution in [0.25, 0.3) is 10.1 Å². The molecule has 3 rings (SSSR count). The van der Waals surface area contributed by atoms with Gasteiger partial charge in [0.25, 0.3) is 0 Å². The number of fused-ring (bicyclic) bond motifs is 1. The van der Waals surface area contributed by atoms with Crippen molar-refractivity contribution in [3.8, 4) is 0 Å². The summed E-state index contributed by atoms with van der Waals surface area (Å²) in [5, 5.41) is 7.46. The van der Waals surface area contributed by atoms with E-state index < -0.39 is 0 Å². The summed E-state index contributed by atoms with van der Waals surface area (Å²) in [5.74, 6) is 1.81. The number of benzene rings is 1. The molecule has 0 spiro atoms. The Hall–Kier alpha value is -0.860. The van der Waals surface area contributed by atoms with Gasteiger partial charge < -0.3 is 5.32 Å². The Kier molecular flexibility index (Phi) is 4.97. The van der Waals surface area contributed by atoms with Crippen LogP contribution < -0.4 is 5.32 Å². The van der Waals surface area contributed by atoms with E-state index in [2.05, 4.69) is 48.9 Å². The van der Waals surface area contributed by atoms with Crippen LogP contribution in [0.15, 0.2) is 29.6 Å². The van der Waals surface area contributed by atoms with E-state index in [4.69, 9.17) is 0 Å². The van der Waals surface area contributed by atoms with Crippen molar-refractivity contribution in [2.75, 3.05) is 7.05 Å². The second kappa shape index (κ2) is 6.93. The van der Waals surface area contributed by atoms with Crippen molar-refractivity contribution in [2.24, 2.45) is 11.8 Å². The number of likely N-dealkylation sites (N-methyl/N-ethyl adjacent to an activating group) is 1. The molecule has 1 heterocycles. The smallest absolute Gasteiger partial charge is 0.0345 e. The fourth-order valence-electron chi connectivity index (χ4n) is 4.00. The van der Waals surface area contributed by atoms with E-state index in [0.29, 0.717) is 6.04 Å². The van der Waals surface area contributed by atoms with Gasteiger partial charge in [-0.25, -0.2) is 0 Å². The number of hydrogen-bond donors (Lipinski definition) is 1. The highest BCUT2D eigenvalue weighted by molar-refractivity contribution is 7.17. The molecule has 1 saturated carbocycles. The number of rotatable bonds is 5. The van der Waals surface area contributed by atoms with Gasteiger partial charge in [-0.2, -0.15) is 0 Å². The Morgan fingerprint density at radius 2 is 2.14 bits per heavy atom. The number of thiophene rings is 1. The molecule has 3 unspecified atom stereocenters. The first kappa shape index (κ1) is 15.1. The van der Waals surface area contributed by atoms with Gasteiger partial charge in [-0.3, -0.25) is 0 Å². The van der Waals surface area contributed by atoms with Crippen LogP contribution in [0.3, 0.4) is 0 Å². The molecule has 1 aliphatic carbocycles. The molecule has 1 aromatic carbocycles. The minimum atomic E-state index is 0.636. The lowest BCUT2D eigenvalue weighted by Crippen LogP contribution is -2.38. The van der Waals surface area contributed by atoms with E-state index in [-0.39, 0.29) is 0 Å². The van der Waals surface area contributed by atoms with Crippen molar-refractivity contribution in [1.82, 2.24) is 5.32 Å². The fourth-order valence-corrected chi connectivity index (χ4v) is 4.98. The lowest BCUT2D eigenvalue weighted by atomic mass is 9.75. The van der Waals surface area contributed by atoms with E-state index in [0.717, 1.165) is 11.8 Å². The van der Waals surface area contributed by atoms with Gasteiger partial charge in [0.1, 0.15) is 0 Å². The molecular weight excluding hydrogens is 274 g/mol. The summed E-state index contributed by atoms with van der Waals surface area (Å²) in [6.45, 7) is 2.35. The molecule has 0 saturated heterocycles. The van der Waals surface area contributed by atoms with Crippen molar-refractivity contribution >= 4 is 21.4 Å². The molecule has 1 aromatic heterocycles. The minimum absolute atomic E-state index is 0.636. The monoisotopic (exact) mass is 301 g/mol. The summed E-state index contributed by atoms with van der Waals surface area (Å²) in [6.07, 6.45) is 8.24. The second-order valence-corrected chi connectivity index (χ2v) is 7.47. The predicted octanol–water partition coefficient (Wildman–Crippen LogP) is 5.25. The van der Waals surface area contributed by atoms with Crippen LogP contribution in [0.5, 0.6) is 0 Å². The standard InChI is InChI=1S/C19H27NS/c1-3-14-7-6-8-15(11-14)18(20-2)12-16-13-21-19-10-5-4-9-17(16)19/h4-5,9-10,13-15,18,20H,3,6-8,11-12H2,1-2H3. The van der Waals surface area contributed by atoms with Crippen LogP contribution in [0.4, 0.5) is 0 Å². The molecule has 1 aliphatic rings. The largest absolute Gasteiger partial charge is 0.316 e. The molecule has 2 heteroatoms. The Morgan fingerprint density at radius 1 is 1.29 bits per heavy atom. The Labute approximate surface area is 132 Å². The van der Waals surface area contributed by atoms with Crippen molar-refractivity contribution in [1.29, 1.82) is 0 Å². The average molecular weight is 301 g/mol. The van der Waals surface area contributed by atoms with Gasteiger partial charge in [-0.15, -0.1) is 11.3 Å². The van der Waals surface area contributed by atoms with Gasteiger partial charge in [0.2, 0.25) is 0 Å². The first-order valence-electron chi connectivity index (χ1n) is 8.44. The summed E-state index contributed by atoms with van der Waals surface area (Å²) < 4.78 is 1.43. The highest BCUT2D eigenvalue weighted by Crippen LogP contribution is 2.35. The third kappa shape index (κ3) is 3.32. The number of nitrogens with one attached hydrogen (secondary N) is 1. The Morgan fingerprint density at radius 3 is 2.95 bits per heavy atom. The van der Waals surface area contributed by atoms with Crippen molar-refractivity contribution < 1.29 is 0 Å². The maximum Gasteiger partial charge on any atom is 0.0345 e. The molecular formula is C19H27NS. The second-order valence-electron chi connectivity index (χ2n) is 6.56. The Balaban J connectivity index is 1.75. The van der Waals surface area contributed by atoms with Crippen LogP contribution in [-0.4, -0.2) is 13.1 Å². The maximum absolute atomic E-state index is 3.62. The van der Waals surface area contributed by atoms with Crippen LogP contribution >= 0.6 is 11.3 Å². The summed E-state index contributed by atoms with van der Waals surface area (Å²) in [5.41, 5.74) is 1.54. The zero-order chi connectivity index (χ0) is 14.7. The van der Waals surface area contributed by atoms with Crippen LogP contribution in [0.1, 0.15) is 44.6 Å². The fraction of sp³-hybridized carbons (Fsp3) is 0.579. The quantitative estimate of drug-likeness (QED) is 0.795. The zero-order valence-corrected chi connectivity index (χ0v) is 14.1. The molecule has 1 N–H and O–H groups in total. The Bertz CT molecular complexity index is 574. The zero-order valence-electron chi connectivity index (χ0n) is 13.3. The number of hydrogen-bond acceptors (Lipinski definition) is 2. The topological polar surface area (TPSA) is 12.0 Å². The van der Waals surface area contributed by atoms with Crippen LogP contribution in [0, 0.1) is 11.8 Å². The summed E-state index contributed by atoms with van der Waals surface area (Å²) in [4.78, 5) is 0. The van der Waals surface area contributed by atoms with Gasteiger partial charge in [0.05, 0.1) is 0 Å². The molecule has 0 bridgehead atoms. The van der Waals surface area contributed by atoms with E-state index in [1.807, 2.05) is 11.3 Å². The first-order valence-corrected chi connectivity index (χ1v) is 9.32. The lowest BCUT2D eigenvalue weighted by molar-refractivity contribution is 0.213. The molecule has 21 heavy (non-hydrogen) atoms. The first-order chi connectivity index (χ1) is 10.3. The minimum Gasteiger partial charge on any atom is -0.316 e. The van der Waals surface area contributed by atoms with Gasteiger partial charge >= 0.3 is 0 Å². The van der Waals surface area contributed by atoms with E-state index in [1.165, 1.54) is 54.2 Å². The molecule has 0 radical (unpaired) electrons. The van der Waals surface area contributed by atoms with Gasteiger partial charge in [-0.05, 0) is 60.5 Å². The van der Waals surface area contributed by atoms with E-state index >= 15 is 0 Å². The molecule has 2 aromatic rings. The molecule has 0 aliphatic heterocycles. The van der Waals surface area contributed by atoms with Crippen LogP contribution in [-0.2, 0) is 6.42 Å². The third-order valence-electron chi connectivity index (χ3n) is 5.34. The van der Waals surface area contributed by atoms with E-state index in [1.54, 1.807) is 0 Å². The molecule has 0 amide bonds. The third-order valence-corrected chi connectivity index (χ3v) is 6.35. The molecule has 3 atom stereocenters. The molecule has 1 nitrogen and oxygen atoms in total. The van der Waals surface area contributed by atoms with Crippen LogP contribution in [0.2, 0.25) is 0 Å². The predicted molar refractivity (Wildman–Crippen MR) is 94.1 cm³/mol.